The first-order chi connectivity index (χ1) is 7.78. The normalized spacial score (nSPS) is 25.9. The zero-order valence-corrected chi connectivity index (χ0v) is 11.9. The maximum atomic E-state index is 5.91. The average Bonchev–Trinajstić information content (AvgIpc) is 2.73. The van der Waals surface area contributed by atoms with Gasteiger partial charge in [0.1, 0.15) is 0 Å². The Morgan fingerprint density at radius 3 is 3.06 bits per heavy atom. The van der Waals surface area contributed by atoms with Gasteiger partial charge in [0.25, 0.3) is 0 Å². The lowest BCUT2D eigenvalue weighted by molar-refractivity contribution is 0.381. The minimum Gasteiger partial charge on any atom is -0.309 e. The van der Waals surface area contributed by atoms with Gasteiger partial charge in [-0.3, -0.25) is 0 Å². The summed E-state index contributed by atoms with van der Waals surface area (Å²) in [5.74, 6) is 0. The first-order valence-corrected chi connectivity index (χ1v) is 8.26. The SMILES string of the molecule is CSC1CCCC(NCc2ccc(Cl)s2)C1. The molecular formula is C12H18ClNS2. The molecule has 1 N–H and O–H groups in total. The minimum atomic E-state index is 0.701. The Morgan fingerprint density at radius 1 is 1.50 bits per heavy atom. The van der Waals surface area contributed by atoms with Gasteiger partial charge < -0.3 is 5.32 Å². The largest absolute Gasteiger partial charge is 0.309 e. The van der Waals surface area contributed by atoms with E-state index in [2.05, 4.69) is 17.6 Å². The van der Waals surface area contributed by atoms with Gasteiger partial charge in [0.05, 0.1) is 4.34 Å². The van der Waals surface area contributed by atoms with E-state index in [1.807, 2.05) is 17.8 Å². The molecule has 0 spiro atoms. The van der Waals surface area contributed by atoms with Gasteiger partial charge in [-0.2, -0.15) is 11.8 Å². The molecule has 2 rings (SSSR count). The maximum Gasteiger partial charge on any atom is 0.0931 e. The van der Waals surface area contributed by atoms with Gasteiger partial charge in [0.15, 0.2) is 0 Å². The molecule has 1 aliphatic rings. The highest BCUT2D eigenvalue weighted by atomic mass is 35.5. The third-order valence-corrected chi connectivity index (χ3v) is 5.48. The van der Waals surface area contributed by atoms with E-state index >= 15 is 0 Å². The fourth-order valence-electron chi connectivity index (χ4n) is 2.24. The van der Waals surface area contributed by atoms with Crippen LogP contribution >= 0.6 is 34.7 Å². The highest BCUT2D eigenvalue weighted by Gasteiger charge is 2.20. The van der Waals surface area contributed by atoms with Gasteiger partial charge in [0, 0.05) is 22.7 Å². The molecule has 1 aromatic rings. The van der Waals surface area contributed by atoms with Gasteiger partial charge in [0.2, 0.25) is 0 Å². The Morgan fingerprint density at radius 2 is 2.38 bits per heavy atom. The van der Waals surface area contributed by atoms with Crippen LogP contribution < -0.4 is 5.32 Å². The third kappa shape index (κ3) is 3.66. The standard InChI is InChI=1S/C12H18ClNS2/c1-15-10-4-2-3-9(7-10)14-8-11-5-6-12(13)16-11/h5-6,9-10,14H,2-4,7-8H2,1H3. The summed E-state index contributed by atoms with van der Waals surface area (Å²) in [6.07, 6.45) is 7.64. The predicted molar refractivity (Wildman–Crippen MR) is 75.7 cm³/mol. The molecule has 4 heteroatoms. The summed E-state index contributed by atoms with van der Waals surface area (Å²) >= 11 is 9.61. The average molecular weight is 276 g/mol. The number of hydrogen-bond acceptors (Lipinski definition) is 3. The lowest BCUT2D eigenvalue weighted by Gasteiger charge is -2.28. The zero-order chi connectivity index (χ0) is 11.4. The first kappa shape index (κ1) is 12.7. The van der Waals surface area contributed by atoms with E-state index in [9.17, 15) is 0 Å². The number of thioether (sulfide) groups is 1. The van der Waals surface area contributed by atoms with Crippen LogP contribution in [0.1, 0.15) is 30.6 Å². The Kier molecular flexibility index (Phi) is 5.01. The monoisotopic (exact) mass is 275 g/mol. The van der Waals surface area contributed by atoms with Crippen molar-refractivity contribution in [1.82, 2.24) is 5.32 Å². The molecular weight excluding hydrogens is 258 g/mol. The Balaban J connectivity index is 1.77. The van der Waals surface area contributed by atoms with Crippen molar-refractivity contribution in [3.63, 3.8) is 0 Å². The fraction of sp³-hybridized carbons (Fsp3) is 0.667. The molecule has 0 aliphatic heterocycles. The van der Waals surface area contributed by atoms with E-state index < -0.39 is 0 Å². The van der Waals surface area contributed by atoms with E-state index in [4.69, 9.17) is 11.6 Å². The third-order valence-electron chi connectivity index (χ3n) is 3.15. The number of hydrogen-bond donors (Lipinski definition) is 1. The Labute approximate surface area is 111 Å². The molecule has 1 saturated carbocycles. The molecule has 90 valence electrons. The summed E-state index contributed by atoms with van der Waals surface area (Å²) in [7, 11) is 0. The van der Waals surface area contributed by atoms with E-state index in [-0.39, 0.29) is 0 Å². The highest BCUT2D eigenvalue weighted by Crippen LogP contribution is 2.27. The van der Waals surface area contributed by atoms with Crippen molar-refractivity contribution in [2.75, 3.05) is 6.26 Å². The summed E-state index contributed by atoms with van der Waals surface area (Å²) in [6.45, 7) is 0.975. The lowest BCUT2D eigenvalue weighted by atomic mass is 9.95. The second kappa shape index (κ2) is 6.29. The Bertz CT molecular complexity index is 327. The highest BCUT2D eigenvalue weighted by molar-refractivity contribution is 7.99. The fourth-order valence-corrected chi connectivity index (χ4v) is 4.10. The number of rotatable bonds is 4. The number of nitrogens with one attached hydrogen (secondary N) is 1. The van der Waals surface area contributed by atoms with Crippen LogP contribution in [-0.4, -0.2) is 17.5 Å². The molecule has 0 radical (unpaired) electrons. The summed E-state index contributed by atoms with van der Waals surface area (Å²) in [6, 6.07) is 4.80. The second-order valence-electron chi connectivity index (χ2n) is 4.31. The van der Waals surface area contributed by atoms with Crippen LogP contribution in [0.4, 0.5) is 0 Å². The van der Waals surface area contributed by atoms with Crippen LogP contribution in [0.2, 0.25) is 4.34 Å². The van der Waals surface area contributed by atoms with Crippen molar-refractivity contribution in [2.24, 2.45) is 0 Å². The van der Waals surface area contributed by atoms with Crippen LogP contribution in [0.15, 0.2) is 12.1 Å². The maximum absolute atomic E-state index is 5.91. The lowest BCUT2D eigenvalue weighted by Crippen LogP contribution is -2.34. The second-order valence-corrected chi connectivity index (χ2v) is 7.25. The van der Waals surface area contributed by atoms with Gasteiger partial charge in [-0.1, -0.05) is 18.0 Å². The van der Waals surface area contributed by atoms with Crippen LogP contribution in [0, 0.1) is 0 Å². The van der Waals surface area contributed by atoms with Crippen LogP contribution in [0.3, 0.4) is 0 Å². The summed E-state index contributed by atoms with van der Waals surface area (Å²) in [5, 5.41) is 4.51. The topological polar surface area (TPSA) is 12.0 Å². The molecule has 1 aromatic heterocycles. The first-order valence-electron chi connectivity index (χ1n) is 5.78. The van der Waals surface area contributed by atoms with Crippen LogP contribution in [0.25, 0.3) is 0 Å². The van der Waals surface area contributed by atoms with E-state index in [0.717, 1.165) is 16.1 Å². The minimum absolute atomic E-state index is 0.701. The Hall–Kier alpha value is 0.300. The van der Waals surface area contributed by atoms with Gasteiger partial charge in [-0.25, -0.2) is 0 Å². The van der Waals surface area contributed by atoms with Crippen molar-refractivity contribution >= 4 is 34.7 Å². The van der Waals surface area contributed by atoms with E-state index in [1.165, 1.54) is 30.6 Å². The van der Waals surface area contributed by atoms with Gasteiger partial charge in [-0.05, 0) is 37.7 Å². The molecule has 2 atom stereocenters. The smallest absolute Gasteiger partial charge is 0.0931 e. The predicted octanol–water partition coefficient (Wildman–Crippen LogP) is 4.17. The summed E-state index contributed by atoms with van der Waals surface area (Å²) in [5.41, 5.74) is 0. The molecule has 16 heavy (non-hydrogen) atoms. The van der Waals surface area contributed by atoms with Crippen molar-refractivity contribution < 1.29 is 0 Å². The molecule has 0 bridgehead atoms. The van der Waals surface area contributed by atoms with Gasteiger partial charge in [-0.15, -0.1) is 11.3 Å². The van der Waals surface area contributed by atoms with E-state index in [1.54, 1.807) is 11.3 Å². The zero-order valence-electron chi connectivity index (χ0n) is 9.54. The van der Waals surface area contributed by atoms with Crippen LogP contribution in [0.5, 0.6) is 0 Å². The number of halogens is 1. The van der Waals surface area contributed by atoms with Crippen molar-refractivity contribution in [1.29, 1.82) is 0 Å². The molecule has 0 saturated heterocycles. The molecule has 1 nitrogen and oxygen atoms in total. The summed E-state index contributed by atoms with van der Waals surface area (Å²) < 4.78 is 0.891. The molecule has 0 amide bonds. The molecule has 2 unspecified atom stereocenters. The summed E-state index contributed by atoms with van der Waals surface area (Å²) in [4.78, 5) is 1.34. The molecule has 1 aliphatic carbocycles. The van der Waals surface area contributed by atoms with Crippen molar-refractivity contribution in [3.8, 4) is 0 Å². The number of thiophene rings is 1. The quantitative estimate of drug-likeness (QED) is 0.885. The van der Waals surface area contributed by atoms with Crippen LogP contribution in [-0.2, 0) is 6.54 Å². The van der Waals surface area contributed by atoms with Crippen molar-refractivity contribution in [3.05, 3.63) is 21.3 Å². The molecule has 1 heterocycles. The molecule has 1 fully saturated rings. The van der Waals surface area contributed by atoms with Gasteiger partial charge >= 0.3 is 0 Å². The van der Waals surface area contributed by atoms with Crippen molar-refractivity contribution in [2.45, 2.75) is 43.5 Å². The van der Waals surface area contributed by atoms with E-state index in [0.29, 0.717) is 6.04 Å². The molecule has 0 aromatic carbocycles.